The predicted octanol–water partition coefficient (Wildman–Crippen LogP) is 5.66. The zero-order chi connectivity index (χ0) is 28.9. The van der Waals surface area contributed by atoms with Crippen molar-refractivity contribution < 1.29 is 0 Å². The van der Waals surface area contributed by atoms with Gasteiger partial charge in [0, 0.05) is 89.1 Å². The molecule has 0 bridgehead atoms. The van der Waals surface area contributed by atoms with Crippen molar-refractivity contribution in [3.8, 4) is 0 Å². The number of nitrogens with zero attached hydrogens (tertiary/aromatic N) is 6. The van der Waals surface area contributed by atoms with E-state index in [0.717, 1.165) is 6.04 Å². The zero-order valence-corrected chi connectivity index (χ0v) is 26.6. The maximum absolute atomic E-state index is 4.62. The lowest BCUT2D eigenvalue weighted by molar-refractivity contribution is 0.0657. The van der Waals surface area contributed by atoms with E-state index >= 15 is 0 Å². The number of piperazine rings is 1. The van der Waals surface area contributed by atoms with E-state index < -0.39 is 0 Å². The summed E-state index contributed by atoms with van der Waals surface area (Å²) in [4.78, 5) is 19.4. The number of anilines is 2. The molecule has 41 heavy (non-hydrogen) atoms. The minimum Gasteiger partial charge on any atom is -0.381 e. The molecule has 2 atom stereocenters. The van der Waals surface area contributed by atoms with E-state index in [1.807, 2.05) is 18.6 Å². The number of hydrogen-bond donors (Lipinski definition) is 1. The molecule has 0 aromatic carbocycles. The molecule has 0 radical (unpaired) electrons. The molecule has 1 aliphatic carbocycles. The normalized spacial score (nSPS) is 24.7. The number of pyridine rings is 2. The standard InChI is InChI=1S/C34H55N7/c1-25(2)28-18-34(24-36-21-28)39(6)32-9-11-40(12-10-32)27(4)8-7-26(3)29-17-31(23-35-22-29)37-30-19-33(20-30)41-15-13-38(5)14-16-41/h17-18,21-27,30,32-33,37H,7-16,19-20H2,1-6H3. The molecule has 3 aliphatic rings. The van der Waals surface area contributed by atoms with E-state index in [1.165, 1.54) is 100 Å². The Morgan fingerprint density at radius 2 is 1.54 bits per heavy atom. The Morgan fingerprint density at radius 1 is 0.854 bits per heavy atom. The highest BCUT2D eigenvalue weighted by Crippen LogP contribution is 2.31. The molecule has 7 nitrogen and oxygen atoms in total. The molecule has 0 spiro atoms. The van der Waals surface area contributed by atoms with Gasteiger partial charge in [0.05, 0.1) is 17.6 Å². The Labute approximate surface area is 249 Å². The van der Waals surface area contributed by atoms with E-state index in [9.17, 15) is 0 Å². The average Bonchev–Trinajstić information content (AvgIpc) is 2.98. The molecular formula is C34H55N7. The Morgan fingerprint density at radius 3 is 2.24 bits per heavy atom. The first kappa shape index (κ1) is 30.2. The van der Waals surface area contributed by atoms with Gasteiger partial charge in [-0.1, -0.05) is 20.8 Å². The minimum atomic E-state index is 0.512. The van der Waals surface area contributed by atoms with Crippen molar-refractivity contribution in [1.82, 2.24) is 24.7 Å². The monoisotopic (exact) mass is 561 g/mol. The van der Waals surface area contributed by atoms with Crippen LogP contribution in [0.4, 0.5) is 11.4 Å². The van der Waals surface area contributed by atoms with Gasteiger partial charge < -0.3 is 20.0 Å². The van der Waals surface area contributed by atoms with Crippen molar-refractivity contribution in [3.63, 3.8) is 0 Å². The number of aromatic nitrogens is 2. The molecule has 3 fully saturated rings. The zero-order valence-electron chi connectivity index (χ0n) is 26.6. The summed E-state index contributed by atoms with van der Waals surface area (Å²) in [6.45, 7) is 16.5. The van der Waals surface area contributed by atoms with Gasteiger partial charge in [-0.2, -0.15) is 0 Å². The summed E-state index contributed by atoms with van der Waals surface area (Å²) in [5.41, 5.74) is 5.15. The molecule has 2 aromatic rings. The maximum atomic E-state index is 4.62. The van der Waals surface area contributed by atoms with E-state index in [1.54, 1.807) is 0 Å². The first-order valence-corrected chi connectivity index (χ1v) is 16.3. The van der Waals surface area contributed by atoms with Crippen LogP contribution < -0.4 is 10.2 Å². The maximum Gasteiger partial charge on any atom is 0.0555 e. The van der Waals surface area contributed by atoms with E-state index in [4.69, 9.17) is 0 Å². The molecule has 2 aliphatic heterocycles. The van der Waals surface area contributed by atoms with Gasteiger partial charge in [0.2, 0.25) is 0 Å². The van der Waals surface area contributed by atoms with Gasteiger partial charge >= 0.3 is 0 Å². The second-order valence-corrected chi connectivity index (χ2v) is 13.6. The first-order valence-electron chi connectivity index (χ1n) is 16.3. The van der Waals surface area contributed by atoms with Crippen LogP contribution in [0.2, 0.25) is 0 Å². The van der Waals surface area contributed by atoms with Crippen LogP contribution in [0.3, 0.4) is 0 Å². The van der Waals surface area contributed by atoms with Crippen LogP contribution in [-0.2, 0) is 0 Å². The van der Waals surface area contributed by atoms with Crippen LogP contribution >= 0.6 is 0 Å². The summed E-state index contributed by atoms with van der Waals surface area (Å²) in [5, 5.41) is 3.79. The fraction of sp³-hybridized carbons (Fsp3) is 0.706. The summed E-state index contributed by atoms with van der Waals surface area (Å²) >= 11 is 0. The lowest BCUT2D eigenvalue weighted by atomic mass is 9.85. The van der Waals surface area contributed by atoms with Crippen molar-refractivity contribution in [2.24, 2.45) is 0 Å². The molecule has 1 N–H and O–H groups in total. The Balaban J connectivity index is 1.03. The van der Waals surface area contributed by atoms with Crippen LogP contribution in [0.25, 0.3) is 0 Å². The number of nitrogens with one attached hydrogen (secondary N) is 1. The fourth-order valence-electron chi connectivity index (χ4n) is 6.95. The summed E-state index contributed by atoms with van der Waals surface area (Å²) in [5.74, 6) is 1.04. The highest BCUT2D eigenvalue weighted by molar-refractivity contribution is 5.47. The third kappa shape index (κ3) is 7.79. The molecule has 2 unspecified atom stereocenters. The van der Waals surface area contributed by atoms with E-state index in [2.05, 4.69) is 95.0 Å². The van der Waals surface area contributed by atoms with Gasteiger partial charge in [0.15, 0.2) is 0 Å². The van der Waals surface area contributed by atoms with Crippen molar-refractivity contribution in [2.75, 3.05) is 63.6 Å². The molecule has 2 aromatic heterocycles. The second-order valence-electron chi connectivity index (χ2n) is 13.6. The second kappa shape index (κ2) is 13.8. The number of likely N-dealkylation sites (N-methyl/N-ethyl adjacent to an activating group) is 1. The minimum absolute atomic E-state index is 0.512. The van der Waals surface area contributed by atoms with Crippen molar-refractivity contribution in [2.45, 2.75) is 102 Å². The quantitative estimate of drug-likeness (QED) is 0.380. The molecular weight excluding hydrogens is 506 g/mol. The third-order valence-corrected chi connectivity index (χ3v) is 10.4. The predicted molar refractivity (Wildman–Crippen MR) is 172 cm³/mol. The largest absolute Gasteiger partial charge is 0.381 e. The molecule has 7 heteroatoms. The smallest absolute Gasteiger partial charge is 0.0555 e. The summed E-state index contributed by atoms with van der Waals surface area (Å²) in [7, 11) is 4.49. The van der Waals surface area contributed by atoms with Crippen LogP contribution in [-0.4, -0.2) is 102 Å². The van der Waals surface area contributed by atoms with Gasteiger partial charge in [0.1, 0.15) is 0 Å². The summed E-state index contributed by atoms with van der Waals surface area (Å²) in [6.07, 6.45) is 15.5. The van der Waals surface area contributed by atoms with Gasteiger partial charge in [-0.3, -0.25) is 14.9 Å². The SMILES string of the molecule is CC(C)c1cncc(N(C)C2CCN(C(C)CCC(C)c3cncc(NC4CC(N5CCN(C)CC5)C4)c3)CC2)c1. The number of hydrogen-bond acceptors (Lipinski definition) is 7. The highest BCUT2D eigenvalue weighted by atomic mass is 15.3. The lowest BCUT2D eigenvalue weighted by Crippen LogP contribution is -2.55. The molecule has 4 heterocycles. The lowest BCUT2D eigenvalue weighted by Gasteiger charge is -2.46. The molecule has 226 valence electrons. The number of piperidine rings is 1. The van der Waals surface area contributed by atoms with Crippen molar-refractivity contribution in [1.29, 1.82) is 0 Å². The molecule has 2 saturated heterocycles. The fourth-order valence-corrected chi connectivity index (χ4v) is 6.95. The van der Waals surface area contributed by atoms with Crippen LogP contribution in [0.1, 0.15) is 89.2 Å². The summed E-state index contributed by atoms with van der Waals surface area (Å²) < 4.78 is 0. The van der Waals surface area contributed by atoms with E-state index in [0.29, 0.717) is 30.0 Å². The highest BCUT2D eigenvalue weighted by Gasteiger charge is 2.34. The van der Waals surface area contributed by atoms with Gasteiger partial charge in [-0.05, 0) is 87.6 Å². The Kier molecular flexibility index (Phi) is 10.2. The molecule has 1 saturated carbocycles. The first-order chi connectivity index (χ1) is 19.8. The average molecular weight is 562 g/mol. The van der Waals surface area contributed by atoms with Crippen LogP contribution in [0.15, 0.2) is 36.9 Å². The van der Waals surface area contributed by atoms with E-state index in [-0.39, 0.29) is 0 Å². The van der Waals surface area contributed by atoms with Gasteiger partial charge in [-0.15, -0.1) is 0 Å². The van der Waals surface area contributed by atoms with Gasteiger partial charge in [-0.25, -0.2) is 0 Å². The third-order valence-electron chi connectivity index (χ3n) is 10.4. The number of rotatable bonds is 11. The van der Waals surface area contributed by atoms with Crippen LogP contribution in [0.5, 0.6) is 0 Å². The summed E-state index contributed by atoms with van der Waals surface area (Å²) in [6, 6.07) is 7.24. The number of likely N-dealkylation sites (tertiary alicyclic amines) is 1. The Bertz CT molecular complexity index is 1080. The van der Waals surface area contributed by atoms with Crippen molar-refractivity contribution >= 4 is 11.4 Å². The van der Waals surface area contributed by atoms with Crippen LogP contribution in [0, 0.1) is 0 Å². The van der Waals surface area contributed by atoms with Crippen molar-refractivity contribution in [3.05, 3.63) is 48.0 Å². The Hall–Kier alpha value is -2.22. The van der Waals surface area contributed by atoms with Gasteiger partial charge in [0.25, 0.3) is 0 Å². The molecule has 0 amide bonds. The topological polar surface area (TPSA) is 50.8 Å². The molecule has 5 rings (SSSR count).